The third kappa shape index (κ3) is 5.91. The van der Waals surface area contributed by atoms with Crippen LogP contribution in [-0.2, 0) is 19.0 Å². The maximum atomic E-state index is 12.0. The monoisotopic (exact) mass is 310 g/mol. The molecule has 6 heteroatoms. The van der Waals surface area contributed by atoms with E-state index in [1.165, 1.54) is 0 Å². The molecule has 1 aromatic carbocycles. The Kier molecular flexibility index (Phi) is 6.81. The van der Waals surface area contributed by atoms with Crippen molar-refractivity contribution in [1.29, 1.82) is 0 Å². The summed E-state index contributed by atoms with van der Waals surface area (Å²) in [5.74, 6) is -1.47. The molecule has 1 atom stereocenters. The van der Waals surface area contributed by atoms with Crippen LogP contribution in [0.15, 0.2) is 30.3 Å². The lowest BCUT2D eigenvalue weighted by Gasteiger charge is -2.19. The molecule has 0 radical (unpaired) electrons. The molecule has 1 rings (SSSR count). The maximum Gasteiger partial charge on any atom is 0.389 e. The van der Waals surface area contributed by atoms with Gasteiger partial charge in [0.2, 0.25) is 0 Å². The Bertz CT molecular complexity index is 498. The van der Waals surface area contributed by atoms with Crippen LogP contribution in [0.2, 0.25) is 0 Å². The molecule has 0 spiro atoms. The molecule has 0 fully saturated rings. The average molecular weight is 310 g/mol. The highest BCUT2D eigenvalue weighted by Gasteiger charge is 2.28. The molecule has 1 aromatic rings. The zero-order valence-corrected chi connectivity index (χ0v) is 13.0. The summed E-state index contributed by atoms with van der Waals surface area (Å²) in [5.41, 5.74) is 0.311. The summed E-state index contributed by atoms with van der Waals surface area (Å²) in [6.45, 7) is 5.14. The van der Waals surface area contributed by atoms with E-state index in [9.17, 15) is 9.59 Å². The molecule has 0 saturated heterocycles. The van der Waals surface area contributed by atoms with E-state index in [1.54, 1.807) is 51.1 Å². The van der Waals surface area contributed by atoms with Gasteiger partial charge in [0.1, 0.15) is 0 Å². The Morgan fingerprint density at radius 2 is 1.71 bits per heavy atom. The van der Waals surface area contributed by atoms with E-state index in [-0.39, 0.29) is 11.2 Å². The molecular weight excluding hydrogens is 292 g/mol. The predicted octanol–water partition coefficient (Wildman–Crippen LogP) is 2.88. The molecule has 0 bridgehead atoms. The minimum atomic E-state index is -1.49. The van der Waals surface area contributed by atoms with Crippen molar-refractivity contribution in [2.75, 3.05) is 0 Å². The fraction of sp³-hybridized carbons (Fsp3) is 0.400. The molecule has 0 aromatic heterocycles. The van der Waals surface area contributed by atoms with E-state index in [2.05, 4.69) is 0 Å². The largest absolute Gasteiger partial charge is 0.457 e. The zero-order valence-electron chi connectivity index (χ0n) is 12.2. The van der Waals surface area contributed by atoms with E-state index in [0.29, 0.717) is 12.0 Å². The van der Waals surface area contributed by atoms with E-state index in [1.807, 2.05) is 0 Å². The molecule has 114 valence electrons. The standard InChI is InChI=1S/C15H18O5S/c1-4-12(21)19-15(14(17)18-10(2)3)20-13(16)11-8-6-5-7-9-11/h5-10,15H,4H2,1-3H3. The average Bonchev–Trinajstić information content (AvgIpc) is 2.46. The number of carbonyl (C=O) groups excluding carboxylic acids is 2. The van der Waals surface area contributed by atoms with Gasteiger partial charge in [-0.05, 0) is 38.2 Å². The maximum absolute atomic E-state index is 12.0. The molecule has 21 heavy (non-hydrogen) atoms. The second-order valence-electron chi connectivity index (χ2n) is 4.43. The van der Waals surface area contributed by atoms with Crippen molar-refractivity contribution < 1.29 is 23.8 Å². The minimum Gasteiger partial charge on any atom is -0.457 e. The first-order valence-electron chi connectivity index (χ1n) is 6.60. The second kappa shape index (κ2) is 8.36. The molecule has 0 amide bonds. The number of hydrogen-bond donors (Lipinski definition) is 0. The lowest BCUT2D eigenvalue weighted by molar-refractivity contribution is -0.175. The Morgan fingerprint density at radius 1 is 1.10 bits per heavy atom. The van der Waals surface area contributed by atoms with E-state index in [4.69, 9.17) is 26.4 Å². The summed E-state index contributed by atoms with van der Waals surface area (Å²) in [6.07, 6.45) is -1.43. The van der Waals surface area contributed by atoms with Gasteiger partial charge in [0, 0.05) is 6.42 Å². The minimum absolute atomic E-state index is 0.168. The van der Waals surface area contributed by atoms with Crippen LogP contribution in [0.5, 0.6) is 0 Å². The predicted molar refractivity (Wildman–Crippen MR) is 80.8 cm³/mol. The molecule has 0 N–H and O–H groups in total. The first-order valence-corrected chi connectivity index (χ1v) is 7.00. The van der Waals surface area contributed by atoms with Gasteiger partial charge in [-0.25, -0.2) is 9.59 Å². The molecule has 0 saturated carbocycles. The molecule has 0 aliphatic rings. The van der Waals surface area contributed by atoms with Crippen LogP contribution in [0.4, 0.5) is 0 Å². The van der Waals surface area contributed by atoms with E-state index >= 15 is 0 Å². The normalized spacial score (nSPS) is 11.6. The summed E-state index contributed by atoms with van der Waals surface area (Å²) >= 11 is 4.91. The number of carbonyl (C=O) groups is 2. The highest BCUT2D eigenvalue weighted by atomic mass is 32.1. The van der Waals surface area contributed by atoms with Crippen molar-refractivity contribution >= 4 is 29.2 Å². The van der Waals surface area contributed by atoms with Gasteiger partial charge in [-0.2, -0.15) is 0 Å². The summed E-state index contributed by atoms with van der Waals surface area (Å²) < 4.78 is 15.2. The molecule has 0 heterocycles. The van der Waals surface area contributed by atoms with Gasteiger partial charge in [-0.3, -0.25) is 0 Å². The SMILES string of the molecule is CCC(=S)OC(OC(=O)c1ccccc1)C(=O)OC(C)C. The number of ether oxygens (including phenoxy) is 3. The Hall–Kier alpha value is -1.95. The van der Waals surface area contributed by atoms with Crippen LogP contribution in [0.3, 0.4) is 0 Å². The lowest BCUT2D eigenvalue weighted by atomic mass is 10.2. The highest BCUT2D eigenvalue weighted by Crippen LogP contribution is 2.09. The number of rotatable bonds is 6. The summed E-state index contributed by atoms with van der Waals surface area (Å²) in [4.78, 5) is 23.8. The van der Waals surface area contributed by atoms with E-state index in [0.717, 1.165) is 0 Å². The van der Waals surface area contributed by atoms with Crippen molar-refractivity contribution in [3.63, 3.8) is 0 Å². The molecule has 0 aliphatic carbocycles. The van der Waals surface area contributed by atoms with Crippen molar-refractivity contribution in [2.45, 2.75) is 39.6 Å². The molecule has 5 nitrogen and oxygen atoms in total. The van der Waals surface area contributed by atoms with Crippen LogP contribution in [0.1, 0.15) is 37.6 Å². The van der Waals surface area contributed by atoms with Crippen LogP contribution >= 0.6 is 12.2 Å². The fourth-order valence-corrected chi connectivity index (χ4v) is 1.44. The van der Waals surface area contributed by atoms with Crippen LogP contribution < -0.4 is 0 Å². The van der Waals surface area contributed by atoms with Gasteiger partial charge < -0.3 is 14.2 Å². The number of hydrogen-bond acceptors (Lipinski definition) is 6. The third-order valence-corrected chi connectivity index (χ3v) is 2.68. The fourth-order valence-electron chi connectivity index (χ4n) is 1.35. The molecule has 1 unspecified atom stereocenters. The summed E-state index contributed by atoms with van der Waals surface area (Å²) in [5, 5.41) is 0.168. The number of thiocarbonyl (C=S) groups is 1. The second-order valence-corrected chi connectivity index (χ2v) is 4.89. The lowest BCUT2D eigenvalue weighted by Crippen LogP contribution is -2.34. The Morgan fingerprint density at radius 3 is 2.24 bits per heavy atom. The smallest absolute Gasteiger partial charge is 0.389 e. The first kappa shape index (κ1) is 17.1. The van der Waals surface area contributed by atoms with Gasteiger partial charge in [0.05, 0.1) is 11.7 Å². The molecular formula is C15H18O5S. The van der Waals surface area contributed by atoms with Gasteiger partial charge in [0.15, 0.2) is 5.05 Å². The highest BCUT2D eigenvalue weighted by molar-refractivity contribution is 7.80. The third-order valence-electron chi connectivity index (χ3n) is 2.30. The zero-order chi connectivity index (χ0) is 15.8. The Balaban J connectivity index is 2.79. The van der Waals surface area contributed by atoms with E-state index < -0.39 is 18.2 Å². The molecule has 0 aliphatic heterocycles. The van der Waals surface area contributed by atoms with Gasteiger partial charge in [-0.15, -0.1) is 0 Å². The number of benzene rings is 1. The first-order chi connectivity index (χ1) is 9.93. The van der Waals surface area contributed by atoms with Crippen molar-refractivity contribution in [3.8, 4) is 0 Å². The summed E-state index contributed by atoms with van der Waals surface area (Å²) in [6, 6.07) is 8.30. The van der Waals surface area contributed by atoms with Crippen molar-refractivity contribution in [1.82, 2.24) is 0 Å². The van der Waals surface area contributed by atoms with Crippen molar-refractivity contribution in [2.24, 2.45) is 0 Å². The topological polar surface area (TPSA) is 61.8 Å². The van der Waals surface area contributed by atoms with Gasteiger partial charge in [0.25, 0.3) is 0 Å². The van der Waals surface area contributed by atoms with Crippen molar-refractivity contribution in [3.05, 3.63) is 35.9 Å². The van der Waals surface area contributed by atoms with Crippen LogP contribution in [0.25, 0.3) is 0 Å². The van der Waals surface area contributed by atoms with Gasteiger partial charge in [-0.1, -0.05) is 25.1 Å². The van der Waals surface area contributed by atoms with Gasteiger partial charge >= 0.3 is 18.2 Å². The Labute approximate surface area is 129 Å². The quantitative estimate of drug-likeness (QED) is 0.457. The number of esters is 2. The summed E-state index contributed by atoms with van der Waals surface area (Å²) in [7, 11) is 0. The van der Waals surface area contributed by atoms with Crippen LogP contribution in [-0.4, -0.2) is 29.4 Å². The van der Waals surface area contributed by atoms with Crippen LogP contribution in [0, 0.1) is 0 Å².